The van der Waals surface area contributed by atoms with Gasteiger partial charge < -0.3 is 14.2 Å². The Hall–Kier alpha value is -3.22. The molecular weight excluding hydrogens is 451 g/mol. The predicted molar refractivity (Wildman–Crippen MR) is 126 cm³/mol. The first-order valence-corrected chi connectivity index (χ1v) is 10.6. The third-order valence-corrected chi connectivity index (χ3v) is 4.86. The van der Waals surface area contributed by atoms with Gasteiger partial charge in [0.25, 0.3) is 5.91 Å². The van der Waals surface area contributed by atoms with Crippen LogP contribution in [0.4, 0.5) is 0 Å². The maximum absolute atomic E-state index is 12.5. The Morgan fingerprint density at radius 3 is 2.38 bits per heavy atom. The fraction of sp³-hybridized carbons (Fsp3) is 0.167. The first kappa shape index (κ1) is 23.4. The summed E-state index contributed by atoms with van der Waals surface area (Å²) in [5, 5.41) is 5.23. The molecule has 166 valence electrons. The minimum absolute atomic E-state index is 0.345. The van der Waals surface area contributed by atoms with E-state index >= 15 is 0 Å². The quantitative estimate of drug-likeness (QED) is 0.318. The maximum atomic E-state index is 12.5. The normalized spacial score (nSPS) is 10.8. The first-order chi connectivity index (χ1) is 15.5. The minimum atomic E-state index is -0.393. The number of hydrazone groups is 1. The molecule has 1 N–H and O–H groups in total. The molecule has 0 saturated heterocycles. The number of halogens is 2. The number of amides is 1. The van der Waals surface area contributed by atoms with Gasteiger partial charge in [0.2, 0.25) is 0 Å². The molecule has 0 aliphatic heterocycles. The summed E-state index contributed by atoms with van der Waals surface area (Å²) in [4.78, 5) is 12.5. The zero-order chi connectivity index (χ0) is 22.9. The van der Waals surface area contributed by atoms with E-state index in [0.717, 1.165) is 5.56 Å². The number of hydrogen-bond donors (Lipinski definition) is 1. The van der Waals surface area contributed by atoms with Crippen molar-refractivity contribution in [3.63, 3.8) is 0 Å². The van der Waals surface area contributed by atoms with Crippen LogP contribution in [0.5, 0.6) is 17.2 Å². The van der Waals surface area contributed by atoms with Crippen LogP contribution in [0.2, 0.25) is 10.0 Å². The third kappa shape index (κ3) is 6.39. The van der Waals surface area contributed by atoms with E-state index in [1.54, 1.807) is 55.6 Å². The standard InChI is InChI=1S/C24H22Cl2N2O4/c1-3-31-23-13-17(6-10-22(23)30-2)24(29)28-27-14-18-12-20(26)9-11-21(18)32-15-16-4-7-19(25)8-5-16/h4-14H,3,15H2,1-2H3,(H,28,29)/b27-14+. The largest absolute Gasteiger partial charge is 0.493 e. The summed E-state index contributed by atoms with van der Waals surface area (Å²) in [5.41, 5.74) is 4.47. The van der Waals surface area contributed by atoms with Gasteiger partial charge in [-0.05, 0) is 61.0 Å². The predicted octanol–water partition coefficient (Wildman–Crippen LogP) is 5.74. The summed E-state index contributed by atoms with van der Waals surface area (Å²) in [7, 11) is 1.54. The van der Waals surface area contributed by atoms with Crippen molar-refractivity contribution >= 4 is 35.3 Å². The summed E-state index contributed by atoms with van der Waals surface area (Å²) in [5.74, 6) is 1.22. The molecule has 0 heterocycles. The third-order valence-electron chi connectivity index (χ3n) is 4.37. The second-order valence-electron chi connectivity index (χ2n) is 6.60. The Balaban J connectivity index is 1.69. The lowest BCUT2D eigenvalue weighted by molar-refractivity contribution is 0.0954. The molecule has 3 aromatic carbocycles. The van der Waals surface area contributed by atoms with Gasteiger partial charge in [0.15, 0.2) is 11.5 Å². The molecule has 8 heteroatoms. The van der Waals surface area contributed by atoms with Gasteiger partial charge in [0.05, 0.1) is 19.9 Å². The highest BCUT2D eigenvalue weighted by atomic mass is 35.5. The summed E-state index contributed by atoms with van der Waals surface area (Å²) in [6, 6.07) is 17.5. The van der Waals surface area contributed by atoms with Gasteiger partial charge in [-0.2, -0.15) is 5.10 Å². The lowest BCUT2D eigenvalue weighted by Gasteiger charge is -2.11. The van der Waals surface area contributed by atoms with Crippen molar-refractivity contribution in [1.82, 2.24) is 5.43 Å². The van der Waals surface area contributed by atoms with E-state index in [0.29, 0.717) is 51.6 Å². The number of carbonyl (C=O) groups is 1. The highest BCUT2D eigenvalue weighted by Gasteiger charge is 2.11. The van der Waals surface area contributed by atoms with E-state index in [1.807, 2.05) is 19.1 Å². The van der Waals surface area contributed by atoms with Crippen molar-refractivity contribution in [1.29, 1.82) is 0 Å². The number of hydrogen-bond acceptors (Lipinski definition) is 5. The lowest BCUT2D eigenvalue weighted by atomic mass is 10.2. The minimum Gasteiger partial charge on any atom is -0.493 e. The zero-order valence-electron chi connectivity index (χ0n) is 17.6. The van der Waals surface area contributed by atoms with Crippen LogP contribution in [-0.2, 0) is 6.61 Å². The first-order valence-electron chi connectivity index (χ1n) is 9.81. The molecule has 1 amide bonds. The van der Waals surface area contributed by atoms with Gasteiger partial charge in [-0.25, -0.2) is 5.43 Å². The molecule has 3 aromatic rings. The van der Waals surface area contributed by atoms with E-state index < -0.39 is 5.91 Å². The highest BCUT2D eigenvalue weighted by molar-refractivity contribution is 6.31. The van der Waals surface area contributed by atoms with Crippen molar-refractivity contribution in [2.24, 2.45) is 5.10 Å². The van der Waals surface area contributed by atoms with Gasteiger partial charge in [-0.15, -0.1) is 0 Å². The average Bonchev–Trinajstić information content (AvgIpc) is 2.79. The van der Waals surface area contributed by atoms with Crippen LogP contribution in [0, 0.1) is 0 Å². The average molecular weight is 473 g/mol. The highest BCUT2D eigenvalue weighted by Crippen LogP contribution is 2.28. The van der Waals surface area contributed by atoms with Crippen molar-refractivity contribution in [2.75, 3.05) is 13.7 Å². The van der Waals surface area contributed by atoms with E-state index in [2.05, 4.69) is 10.5 Å². The van der Waals surface area contributed by atoms with Crippen LogP contribution in [-0.4, -0.2) is 25.8 Å². The molecule has 0 bridgehead atoms. The van der Waals surface area contributed by atoms with Gasteiger partial charge in [0.1, 0.15) is 12.4 Å². The van der Waals surface area contributed by atoms with E-state index in [-0.39, 0.29) is 0 Å². The number of rotatable bonds is 9. The topological polar surface area (TPSA) is 69.2 Å². The Morgan fingerprint density at radius 2 is 1.66 bits per heavy atom. The van der Waals surface area contributed by atoms with Gasteiger partial charge in [-0.3, -0.25) is 4.79 Å². The van der Waals surface area contributed by atoms with E-state index in [9.17, 15) is 4.79 Å². The van der Waals surface area contributed by atoms with E-state index in [4.69, 9.17) is 37.4 Å². The molecule has 0 atom stereocenters. The van der Waals surface area contributed by atoms with Gasteiger partial charge in [0, 0.05) is 21.2 Å². The zero-order valence-corrected chi connectivity index (χ0v) is 19.1. The fourth-order valence-electron chi connectivity index (χ4n) is 2.80. The monoisotopic (exact) mass is 472 g/mol. The van der Waals surface area contributed by atoms with Crippen LogP contribution in [0.15, 0.2) is 65.8 Å². The molecule has 0 aliphatic rings. The SMILES string of the molecule is CCOc1cc(C(=O)N/N=C/c2cc(Cl)ccc2OCc2ccc(Cl)cc2)ccc1OC. The Labute approximate surface area is 196 Å². The molecule has 3 rings (SSSR count). The number of ether oxygens (including phenoxy) is 3. The molecule has 0 spiro atoms. The smallest absolute Gasteiger partial charge is 0.271 e. The van der Waals surface area contributed by atoms with Crippen molar-refractivity contribution in [3.8, 4) is 17.2 Å². The van der Waals surface area contributed by atoms with Crippen LogP contribution in [0.25, 0.3) is 0 Å². The molecule has 0 aromatic heterocycles. The molecule has 0 saturated carbocycles. The molecule has 0 unspecified atom stereocenters. The van der Waals surface area contributed by atoms with Crippen LogP contribution in [0.3, 0.4) is 0 Å². The van der Waals surface area contributed by atoms with Crippen LogP contribution >= 0.6 is 23.2 Å². The van der Waals surface area contributed by atoms with Crippen molar-refractivity contribution < 1.29 is 19.0 Å². The van der Waals surface area contributed by atoms with Crippen LogP contribution < -0.4 is 19.6 Å². The summed E-state index contributed by atoms with van der Waals surface area (Å²) >= 11 is 12.0. The van der Waals surface area contributed by atoms with E-state index in [1.165, 1.54) is 6.21 Å². The lowest BCUT2D eigenvalue weighted by Crippen LogP contribution is -2.17. The number of nitrogens with zero attached hydrogens (tertiary/aromatic N) is 1. The van der Waals surface area contributed by atoms with Crippen molar-refractivity contribution in [2.45, 2.75) is 13.5 Å². The molecule has 0 aliphatic carbocycles. The summed E-state index contributed by atoms with van der Waals surface area (Å²) < 4.78 is 16.6. The second-order valence-corrected chi connectivity index (χ2v) is 7.47. The maximum Gasteiger partial charge on any atom is 0.271 e. The Bertz CT molecular complexity index is 1100. The molecule has 6 nitrogen and oxygen atoms in total. The summed E-state index contributed by atoms with van der Waals surface area (Å²) in [6.07, 6.45) is 1.48. The molecule has 32 heavy (non-hydrogen) atoms. The molecular formula is C24H22Cl2N2O4. The number of methoxy groups -OCH3 is 1. The number of nitrogens with one attached hydrogen (secondary N) is 1. The second kappa shape index (κ2) is 11.4. The Morgan fingerprint density at radius 1 is 0.938 bits per heavy atom. The number of benzene rings is 3. The van der Waals surface area contributed by atoms with Gasteiger partial charge >= 0.3 is 0 Å². The van der Waals surface area contributed by atoms with Crippen molar-refractivity contribution in [3.05, 3.63) is 87.4 Å². The number of carbonyl (C=O) groups excluding carboxylic acids is 1. The molecule has 0 fully saturated rings. The fourth-order valence-corrected chi connectivity index (χ4v) is 3.11. The summed E-state index contributed by atoms with van der Waals surface area (Å²) in [6.45, 7) is 2.65. The van der Waals surface area contributed by atoms with Gasteiger partial charge in [-0.1, -0.05) is 35.3 Å². The van der Waals surface area contributed by atoms with Crippen LogP contribution in [0.1, 0.15) is 28.4 Å². The Kier molecular flexibility index (Phi) is 8.36. The molecule has 0 radical (unpaired) electrons.